The number of ether oxygens (including phenoxy) is 1. The number of hydrogen-bond donors (Lipinski definition) is 2. The van der Waals surface area contributed by atoms with Gasteiger partial charge in [0.1, 0.15) is 12.4 Å². The predicted molar refractivity (Wildman–Crippen MR) is 101 cm³/mol. The maximum Gasteiger partial charge on any atom is 0.248 e. The van der Waals surface area contributed by atoms with Crippen molar-refractivity contribution in [1.29, 1.82) is 0 Å². The standard InChI is InChI=1S/C19H24N2O4S/c1-12-9-13(2)18(14(3)10-12)26(23,24)21-15(4)11-25-17-7-5-16(6-8-17)19(20)22/h5-10,15,21H,11H2,1-4H3,(H2,20,22). The van der Waals surface area contributed by atoms with Gasteiger partial charge in [-0.2, -0.15) is 0 Å². The van der Waals surface area contributed by atoms with E-state index < -0.39 is 22.0 Å². The Kier molecular flexibility index (Phi) is 6.05. The van der Waals surface area contributed by atoms with E-state index in [0.717, 1.165) is 5.56 Å². The van der Waals surface area contributed by atoms with Crippen LogP contribution in [0.1, 0.15) is 34.0 Å². The number of rotatable bonds is 7. The Hall–Kier alpha value is -2.38. The number of primary amides is 1. The van der Waals surface area contributed by atoms with Gasteiger partial charge in [-0.25, -0.2) is 13.1 Å². The van der Waals surface area contributed by atoms with E-state index in [2.05, 4.69) is 4.72 Å². The van der Waals surface area contributed by atoms with Crippen molar-refractivity contribution < 1.29 is 17.9 Å². The van der Waals surface area contributed by atoms with Crippen LogP contribution in [-0.4, -0.2) is 27.0 Å². The number of nitrogens with two attached hydrogens (primary N) is 1. The van der Waals surface area contributed by atoms with Crippen molar-refractivity contribution in [1.82, 2.24) is 4.72 Å². The van der Waals surface area contributed by atoms with Gasteiger partial charge in [0.15, 0.2) is 0 Å². The highest BCUT2D eigenvalue weighted by Gasteiger charge is 2.22. The number of amides is 1. The number of aryl methyl sites for hydroxylation is 3. The van der Waals surface area contributed by atoms with Crippen LogP contribution < -0.4 is 15.2 Å². The summed E-state index contributed by atoms with van der Waals surface area (Å²) in [5.41, 5.74) is 8.02. The number of carbonyl (C=O) groups excluding carboxylic acids is 1. The summed E-state index contributed by atoms with van der Waals surface area (Å²) in [6.45, 7) is 7.39. The van der Waals surface area contributed by atoms with Crippen molar-refractivity contribution in [2.24, 2.45) is 5.73 Å². The number of nitrogens with one attached hydrogen (secondary N) is 1. The van der Waals surface area contributed by atoms with Gasteiger partial charge in [0.25, 0.3) is 0 Å². The van der Waals surface area contributed by atoms with Gasteiger partial charge >= 0.3 is 0 Å². The summed E-state index contributed by atoms with van der Waals surface area (Å²) in [5.74, 6) is 0.0188. The van der Waals surface area contributed by atoms with E-state index >= 15 is 0 Å². The van der Waals surface area contributed by atoms with Crippen LogP contribution in [0.4, 0.5) is 0 Å². The van der Waals surface area contributed by atoms with Gasteiger partial charge in [-0.15, -0.1) is 0 Å². The van der Waals surface area contributed by atoms with Gasteiger partial charge in [-0.05, 0) is 63.1 Å². The van der Waals surface area contributed by atoms with Gasteiger partial charge in [0.2, 0.25) is 15.9 Å². The Balaban J connectivity index is 2.05. The summed E-state index contributed by atoms with van der Waals surface area (Å²) in [4.78, 5) is 11.4. The average Bonchev–Trinajstić information content (AvgIpc) is 2.51. The van der Waals surface area contributed by atoms with Crippen LogP contribution >= 0.6 is 0 Å². The van der Waals surface area contributed by atoms with Crippen molar-refractivity contribution in [3.05, 3.63) is 58.7 Å². The third-order valence-corrected chi connectivity index (χ3v) is 5.76. The molecule has 0 aliphatic rings. The maximum absolute atomic E-state index is 12.7. The molecular formula is C19H24N2O4S. The first-order chi connectivity index (χ1) is 12.1. The van der Waals surface area contributed by atoms with E-state index in [4.69, 9.17) is 10.5 Å². The normalized spacial score (nSPS) is 12.6. The van der Waals surface area contributed by atoms with E-state index in [1.807, 2.05) is 19.1 Å². The second kappa shape index (κ2) is 7.88. The molecule has 26 heavy (non-hydrogen) atoms. The van der Waals surface area contributed by atoms with Crippen molar-refractivity contribution in [2.45, 2.75) is 38.6 Å². The van der Waals surface area contributed by atoms with Crippen molar-refractivity contribution in [3.63, 3.8) is 0 Å². The van der Waals surface area contributed by atoms with Crippen LogP contribution in [0.3, 0.4) is 0 Å². The number of carbonyl (C=O) groups is 1. The molecule has 0 aliphatic carbocycles. The fourth-order valence-corrected chi connectivity index (χ4v) is 4.57. The molecule has 7 heteroatoms. The Morgan fingerprint density at radius 2 is 1.65 bits per heavy atom. The molecule has 1 unspecified atom stereocenters. The van der Waals surface area contributed by atoms with Crippen molar-refractivity contribution in [3.8, 4) is 5.75 Å². The molecule has 0 heterocycles. The Bertz CT molecular complexity index is 883. The molecule has 140 valence electrons. The molecule has 0 saturated carbocycles. The minimum absolute atomic E-state index is 0.152. The molecule has 0 aromatic heterocycles. The maximum atomic E-state index is 12.7. The molecule has 0 saturated heterocycles. The molecule has 1 atom stereocenters. The summed E-state index contributed by atoms with van der Waals surface area (Å²) >= 11 is 0. The lowest BCUT2D eigenvalue weighted by molar-refractivity contribution is 0.1000. The highest BCUT2D eigenvalue weighted by Crippen LogP contribution is 2.22. The van der Waals surface area contributed by atoms with Crippen LogP contribution in [0.5, 0.6) is 5.75 Å². The highest BCUT2D eigenvalue weighted by atomic mass is 32.2. The SMILES string of the molecule is Cc1cc(C)c(S(=O)(=O)NC(C)COc2ccc(C(N)=O)cc2)c(C)c1. The average molecular weight is 376 g/mol. The largest absolute Gasteiger partial charge is 0.492 e. The summed E-state index contributed by atoms with van der Waals surface area (Å²) in [6, 6.07) is 9.63. The fourth-order valence-electron chi connectivity index (χ4n) is 2.89. The van der Waals surface area contributed by atoms with E-state index in [9.17, 15) is 13.2 Å². The molecule has 3 N–H and O–H groups in total. The van der Waals surface area contributed by atoms with Gasteiger partial charge < -0.3 is 10.5 Å². The molecule has 6 nitrogen and oxygen atoms in total. The second-order valence-corrected chi connectivity index (χ2v) is 8.10. The third kappa shape index (κ3) is 4.83. The van der Waals surface area contributed by atoms with E-state index in [-0.39, 0.29) is 6.61 Å². The van der Waals surface area contributed by atoms with Crippen LogP contribution in [0, 0.1) is 20.8 Å². The van der Waals surface area contributed by atoms with Crippen LogP contribution in [-0.2, 0) is 10.0 Å². The second-order valence-electron chi connectivity index (χ2n) is 6.45. The smallest absolute Gasteiger partial charge is 0.248 e. The summed E-state index contributed by atoms with van der Waals surface area (Å²) in [5, 5.41) is 0. The van der Waals surface area contributed by atoms with E-state index in [0.29, 0.717) is 27.3 Å². The molecule has 2 rings (SSSR count). The number of hydrogen-bond acceptors (Lipinski definition) is 4. The monoisotopic (exact) mass is 376 g/mol. The predicted octanol–water partition coefficient (Wildman–Crippen LogP) is 2.46. The van der Waals surface area contributed by atoms with Gasteiger partial charge in [-0.3, -0.25) is 4.79 Å². The molecule has 0 fully saturated rings. The first-order valence-electron chi connectivity index (χ1n) is 8.23. The van der Waals surface area contributed by atoms with E-state index in [1.54, 1.807) is 45.0 Å². The molecular weight excluding hydrogens is 352 g/mol. The minimum Gasteiger partial charge on any atom is -0.492 e. The molecule has 0 spiro atoms. The lowest BCUT2D eigenvalue weighted by Gasteiger charge is -2.18. The van der Waals surface area contributed by atoms with Crippen LogP contribution in [0.25, 0.3) is 0 Å². The lowest BCUT2D eigenvalue weighted by Crippen LogP contribution is -2.37. The number of sulfonamides is 1. The molecule has 2 aromatic rings. The third-order valence-electron chi connectivity index (χ3n) is 3.87. The Morgan fingerprint density at radius 1 is 1.12 bits per heavy atom. The lowest BCUT2D eigenvalue weighted by atomic mass is 10.1. The zero-order chi connectivity index (χ0) is 19.5. The molecule has 0 radical (unpaired) electrons. The molecule has 2 aromatic carbocycles. The quantitative estimate of drug-likeness (QED) is 0.775. The first-order valence-corrected chi connectivity index (χ1v) is 9.71. The van der Waals surface area contributed by atoms with Gasteiger partial charge in [0, 0.05) is 5.56 Å². The van der Waals surface area contributed by atoms with Crippen LogP contribution in [0.2, 0.25) is 0 Å². The van der Waals surface area contributed by atoms with Gasteiger partial charge in [0.05, 0.1) is 10.9 Å². The fraction of sp³-hybridized carbons (Fsp3) is 0.316. The molecule has 1 amide bonds. The zero-order valence-corrected chi connectivity index (χ0v) is 16.2. The highest BCUT2D eigenvalue weighted by molar-refractivity contribution is 7.89. The summed E-state index contributed by atoms with van der Waals surface area (Å²) < 4.78 is 33.6. The Labute approximate surface area is 154 Å². The topological polar surface area (TPSA) is 98.5 Å². The summed E-state index contributed by atoms with van der Waals surface area (Å²) in [7, 11) is -3.65. The van der Waals surface area contributed by atoms with Crippen molar-refractivity contribution in [2.75, 3.05) is 6.61 Å². The molecule has 0 bridgehead atoms. The Morgan fingerprint density at radius 3 is 2.15 bits per heavy atom. The van der Waals surface area contributed by atoms with Gasteiger partial charge in [-0.1, -0.05) is 17.7 Å². The molecule has 0 aliphatic heterocycles. The number of benzene rings is 2. The first kappa shape index (κ1) is 19.9. The van der Waals surface area contributed by atoms with E-state index in [1.165, 1.54) is 0 Å². The summed E-state index contributed by atoms with van der Waals surface area (Å²) in [6.07, 6.45) is 0. The van der Waals surface area contributed by atoms with Crippen molar-refractivity contribution >= 4 is 15.9 Å². The zero-order valence-electron chi connectivity index (χ0n) is 15.4. The minimum atomic E-state index is -3.65. The van der Waals surface area contributed by atoms with Crippen LogP contribution in [0.15, 0.2) is 41.3 Å².